The summed E-state index contributed by atoms with van der Waals surface area (Å²) >= 11 is 0. The molecule has 110 valence electrons. The summed E-state index contributed by atoms with van der Waals surface area (Å²) in [6, 6.07) is 5.71. The van der Waals surface area contributed by atoms with Crippen LogP contribution < -0.4 is 0 Å². The molecule has 0 fully saturated rings. The summed E-state index contributed by atoms with van der Waals surface area (Å²) in [6.45, 7) is 4.00. The number of rotatable bonds is 3. The standard InChI is InChI=1S/C16H16FNO3/c1-4-18-10(2)14(16(20)21-3)13(15(18)19)9-11-5-7-12(17)8-6-11/h5-9H,4H2,1-3H3/b13-9+. The van der Waals surface area contributed by atoms with E-state index in [0.717, 1.165) is 0 Å². The van der Waals surface area contributed by atoms with E-state index in [4.69, 9.17) is 4.74 Å². The number of halogens is 1. The van der Waals surface area contributed by atoms with Crippen molar-refractivity contribution in [2.24, 2.45) is 0 Å². The van der Waals surface area contributed by atoms with Gasteiger partial charge in [0.05, 0.1) is 18.3 Å². The van der Waals surface area contributed by atoms with Crippen molar-refractivity contribution in [2.75, 3.05) is 13.7 Å². The molecule has 1 aromatic carbocycles. The molecular weight excluding hydrogens is 273 g/mol. The fraction of sp³-hybridized carbons (Fsp3) is 0.250. The largest absolute Gasteiger partial charge is 0.465 e. The predicted octanol–water partition coefficient (Wildman–Crippen LogP) is 2.52. The second-order valence-electron chi connectivity index (χ2n) is 4.61. The number of esters is 1. The molecule has 0 bridgehead atoms. The topological polar surface area (TPSA) is 46.6 Å². The molecule has 5 heteroatoms. The number of allylic oxidation sites excluding steroid dienone is 1. The van der Waals surface area contributed by atoms with Gasteiger partial charge in [-0.3, -0.25) is 4.79 Å². The summed E-state index contributed by atoms with van der Waals surface area (Å²) in [5.41, 5.74) is 1.75. The van der Waals surface area contributed by atoms with Crippen LogP contribution in [-0.4, -0.2) is 30.4 Å². The fourth-order valence-electron chi connectivity index (χ4n) is 2.33. The quantitative estimate of drug-likeness (QED) is 0.634. The van der Waals surface area contributed by atoms with Crippen molar-refractivity contribution in [3.63, 3.8) is 0 Å². The van der Waals surface area contributed by atoms with Gasteiger partial charge in [-0.1, -0.05) is 12.1 Å². The van der Waals surface area contributed by atoms with E-state index in [9.17, 15) is 14.0 Å². The Balaban J connectivity index is 2.52. The van der Waals surface area contributed by atoms with E-state index in [1.165, 1.54) is 24.1 Å². The average molecular weight is 289 g/mol. The molecule has 0 spiro atoms. The third-order valence-corrected chi connectivity index (χ3v) is 3.40. The highest BCUT2D eigenvalue weighted by atomic mass is 19.1. The first-order valence-electron chi connectivity index (χ1n) is 6.58. The van der Waals surface area contributed by atoms with Gasteiger partial charge in [0.1, 0.15) is 5.82 Å². The third-order valence-electron chi connectivity index (χ3n) is 3.40. The summed E-state index contributed by atoms with van der Waals surface area (Å²) in [4.78, 5) is 25.8. The maximum absolute atomic E-state index is 12.9. The molecule has 2 rings (SSSR count). The molecular formula is C16H16FNO3. The van der Waals surface area contributed by atoms with Crippen LogP contribution in [0.15, 0.2) is 41.1 Å². The Hall–Kier alpha value is -2.43. The Morgan fingerprint density at radius 1 is 1.33 bits per heavy atom. The number of hydrogen-bond donors (Lipinski definition) is 0. The Bertz CT molecular complexity index is 644. The van der Waals surface area contributed by atoms with E-state index in [0.29, 0.717) is 17.8 Å². The lowest BCUT2D eigenvalue weighted by Gasteiger charge is -2.14. The minimum absolute atomic E-state index is 0.250. The lowest BCUT2D eigenvalue weighted by atomic mass is 10.0. The number of amides is 1. The smallest absolute Gasteiger partial charge is 0.340 e. The molecule has 1 heterocycles. The van der Waals surface area contributed by atoms with Crippen LogP contribution in [0.2, 0.25) is 0 Å². The maximum atomic E-state index is 12.9. The summed E-state index contributed by atoms with van der Waals surface area (Å²) in [5, 5.41) is 0. The number of likely N-dealkylation sites (N-methyl/N-ethyl adjacent to an activating group) is 1. The van der Waals surface area contributed by atoms with Crippen molar-refractivity contribution in [1.82, 2.24) is 4.90 Å². The van der Waals surface area contributed by atoms with Crippen LogP contribution >= 0.6 is 0 Å². The van der Waals surface area contributed by atoms with Crippen molar-refractivity contribution >= 4 is 18.0 Å². The Morgan fingerprint density at radius 2 is 1.95 bits per heavy atom. The van der Waals surface area contributed by atoms with Crippen LogP contribution in [0.3, 0.4) is 0 Å². The molecule has 0 atom stereocenters. The lowest BCUT2D eigenvalue weighted by molar-refractivity contribution is -0.136. The van der Waals surface area contributed by atoms with Crippen LogP contribution in [0.1, 0.15) is 19.4 Å². The SMILES string of the molecule is CCN1C(=O)/C(=C/c2ccc(F)cc2)C(C(=O)OC)=C1C. The van der Waals surface area contributed by atoms with Gasteiger partial charge in [0.15, 0.2) is 0 Å². The molecule has 0 N–H and O–H groups in total. The molecule has 1 aliphatic rings. The normalized spacial score (nSPS) is 16.9. The van der Waals surface area contributed by atoms with Gasteiger partial charge in [-0.2, -0.15) is 0 Å². The molecule has 0 aromatic heterocycles. The van der Waals surface area contributed by atoms with Crippen LogP contribution in [0.5, 0.6) is 0 Å². The summed E-state index contributed by atoms with van der Waals surface area (Å²) < 4.78 is 17.7. The Morgan fingerprint density at radius 3 is 2.48 bits per heavy atom. The van der Waals surface area contributed by atoms with Crippen molar-refractivity contribution in [3.05, 3.63) is 52.5 Å². The molecule has 0 aliphatic carbocycles. The van der Waals surface area contributed by atoms with Gasteiger partial charge in [0.25, 0.3) is 5.91 Å². The fourth-order valence-corrected chi connectivity index (χ4v) is 2.33. The maximum Gasteiger partial charge on any atom is 0.340 e. The molecule has 0 unspecified atom stereocenters. The third kappa shape index (κ3) is 2.72. The van der Waals surface area contributed by atoms with Gasteiger partial charge in [0.2, 0.25) is 0 Å². The minimum Gasteiger partial charge on any atom is -0.465 e. The number of carbonyl (C=O) groups is 2. The zero-order chi connectivity index (χ0) is 15.6. The van der Waals surface area contributed by atoms with E-state index in [1.807, 2.05) is 6.92 Å². The number of carbonyl (C=O) groups excluding carboxylic acids is 2. The summed E-state index contributed by atoms with van der Waals surface area (Å²) in [6.07, 6.45) is 1.58. The van der Waals surface area contributed by atoms with Crippen LogP contribution in [0.25, 0.3) is 6.08 Å². The highest BCUT2D eigenvalue weighted by Crippen LogP contribution is 2.31. The molecule has 1 aliphatic heterocycles. The second kappa shape index (κ2) is 5.91. The highest BCUT2D eigenvalue weighted by molar-refractivity contribution is 6.16. The molecule has 4 nitrogen and oxygen atoms in total. The second-order valence-corrected chi connectivity index (χ2v) is 4.61. The van der Waals surface area contributed by atoms with Crippen LogP contribution in [0.4, 0.5) is 4.39 Å². The van der Waals surface area contributed by atoms with Gasteiger partial charge in [0, 0.05) is 12.2 Å². The number of ether oxygens (including phenoxy) is 1. The van der Waals surface area contributed by atoms with E-state index >= 15 is 0 Å². The number of nitrogens with zero attached hydrogens (tertiary/aromatic N) is 1. The van der Waals surface area contributed by atoms with E-state index in [2.05, 4.69) is 0 Å². The van der Waals surface area contributed by atoms with Gasteiger partial charge in [-0.25, -0.2) is 9.18 Å². The van der Waals surface area contributed by atoms with Gasteiger partial charge >= 0.3 is 5.97 Å². The van der Waals surface area contributed by atoms with Gasteiger partial charge in [-0.15, -0.1) is 0 Å². The van der Waals surface area contributed by atoms with E-state index in [-0.39, 0.29) is 22.9 Å². The molecule has 21 heavy (non-hydrogen) atoms. The Kier molecular flexibility index (Phi) is 4.21. The van der Waals surface area contributed by atoms with E-state index < -0.39 is 5.97 Å². The first-order valence-corrected chi connectivity index (χ1v) is 6.58. The van der Waals surface area contributed by atoms with Crippen LogP contribution in [-0.2, 0) is 14.3 Å². The molecule has 0 saturated heterocycles. The number of methoxy groups -OCH3 is 1. The van der Waals surface area contributed by atoms with Crippen molar-refractivity contribution in [3.8, 4) is 0 Å². The van der Waals surface area contributed by atoms with Crippen LogP contribution in [0, 0.1) is 5.82 Å². The average Bonchev–Trinajstić information content (AvgIpc) is 2.71. The molecule has 1 amide bonds. The zero-order valence-electron chi connectivity index (χ0n) is 12.1. The zero-order valence-corrected chi connectivity index (χ0v) is 12.1. The monoisotopic (exact) mass is 289 g/mol. The first-order chi connectivity index (χ1) is 9.99. The van der Waals surface area contributed by atoms with Crippen molar-refractivity contribution in [1.29, 1.82) is 0 Å². The Labute approximate surface area is 122 Å². The molecule has 0 saturated carbocycles. The first kappa shape index (κ1) is 15.0. The lowest BCUT2D eigenvalue weighted by Crippen LogP contribution is -2.24. The van der Waals surface area contributed by atoms with E-state index in [1.54, 1.807) is 25.1 Å². The number of benzene rings is 1. The van der Waals surface area contributed by atoms with Gasteiger partial charge < -0.3 is 9.64 Å². The van der Waals surface area contributed by atoms with Crippen molar-refractivity contribution in [2.45, 2.75) is 13.8 Å². The highest BCUT2D eigenvalue weighted by Gasteiger charge is 2.35. The summed E-state index contributed by atoms with van der Waals surface area (Å²) in [7, 11) is 1.28. The predicted molar refractivity (Wildman–Crippen MR) is 76.5 cm³/mol. The number of hydrogen-bond acceptors (Lipinski definition) is 3. The van der Waals surface area contributed by atoms with Gasteiger partial charge in [-0.05, 0) is 37.6 Å². The summed E-state index contributed by atoms with van der Waals surface area (Å²) in [5.74, 6) is -1.16. The molecule has 1 aromatic rings. The van der Waals surface area contributed by atoms with Crippen molar-refractivity contribution < 1.29 is 18.7 Å². The molecule has 0 radical (unpaired) electrons. The minimum atomic E-state index is -0.551.